The number of rotatable bonds is 21. The van der Waals surface area contributed by atoms with Gasteiger partial charge in [0, 0.05) is 6.08 Å². The van der Waals surface area contributed by atoms with Crippen LogP contribution in [0.5, 0.6) is 0 Å². The Morgan fingerprint density at radius 2 is 1.07 bits per heavy atom. The van der Waals surface area contributed by atoms with E-state index in [-0.39, 0.29) is 5.97 Å². The first kappa shape index (κ1) is 26.0. The van der Waals surface area contributed by atoms with Crippen LogP contribution in [0.4, 0.5) is 0 Å². The lowest BCUT2D eigenvalue weighted by Gasteiger charge is -2.03. The number of hydrogen-bond acceptors (Lipinski definition) is 2. The molecular weight excluding hydrogens is 332 g/mol. The molecule has 0 fully saturated rings. The third-order valence-electron chi connectivity index (χ3n) is 5.07. The molecular formula is C25H46O2. The van der Waals surface area contributed by atoms with Crippen LogP contribution in [-0.2, 0) is 9.53 Å². The molecule has 2 nitrogen and oxygen atoms in total. The number of esters is 1. The highest BCUT2D eigenvalue weighted by atomic mass is 16.5. The first-order valence-electron chi connectivity index (χ1n) is 11.8. The SMILES string of the molecule is C=CC(=O)OCCCCCCCCCC/C=C/CCCCCCCCCC. The molecule has 0 N–H and O–H groups in total. The average molecular weight is 379 g/mol. The van der Waals surface area contributed by atoms with Crippen LogP contribution in [0.25, 0.3) is 0 Å². The molecule has 0 aliphatic carbocycles. The van der Waals surface area contributed by atoms with Gasteiger partial charge in [0.15, 0.2) is 0 Å². The summed E-state index contributed by atoms with van der Waals surface area (Å²) in [6, 6.07) is 0. The van der Waals surface area contributed by atoms with Gasteiger partial charge in [-0.15, -0.1) is 0 Å². The first-order chi connectivity index (χ1) is 13.3. The molecule has 0 saturated heterocycles. The number of hydrogen-bond donors (Lipinski definition) is 0. The summed E-state index contributed by atoms with van der Waals surface area (Å²) in [6.07, 6.45) is 29.9. The molecule has 0 spiro atoms. The fourth-order valence-corrected chi connectivity index (χ4v) is 3.29. The van der Waals surface area contributed by atoms with Crippen LogP contribution in [0.3, 0.4) is 0 Å². The Kier molecular flexibility index (Phi) is 22.1. The molecule has 0 aromatic carbocycles. The molecule has 0 aliphatic heterocycles. The number of unbranched alkanes of at least 4 members (excludes halogenated alkanes) is 16. The van der Waals surface area contributed by atoms with E-state index in [0.29, 0.717) is 6.61 Å². The Morgan fingerprint density at radius 1 is 0.667 bits per heavy atom. The summed E-state index contributed by atoms with van der Waals surface area (Å²) in [5, 5.41) is 0. The third kappa shape index (κ3) is 22.9. The highest BCUT2D eigenvalue weighted by molar-refractivity contribution is 5.81. The molecule has 0 saturated carbocycles. The van der Waals surface area contributed by atoms with E-state index in [1.165, 1.54) is 109 Å². The Labute approximate surface area is 169 Å². The van der Waals surface area contributed by atoms with Gasteiger partial charge < -0.3 is 4.74 Å². The monoisotopic (exact) mass is 378 g/mol. The van der Waals surface area contributed by atoms with Crippen molar-refractivity contribution >= 4 is 5.97 Å². The van der Waals surface area contributed by atoms with Gasteiger partial charge in [-0.25, -0.2) is 4.79 Å². The molecule has 0 amide bonds. The van der Waals surface area contributed by atoms with Crippen LogP contribution in [0, 0.1) is 0 Å². The summed E-state index contributed by atoms with van der Waals surface area (Å²) in [7, 11) is 0. The van der Waals surface area contributed by atoms with Crippen LogP contribution in [0.2, 0.25) is 0 Å². The van der Waals surface area contributed by atoms with E-state index in [0.717, 1.165) is 12.8 Å². The molecule has 27 heavy (non-hydrogen) atoms. The summed E-state index contributed by atoms with van der Waals surface area (Å²) < 4.78 is 4.96. The lowest BCUT2D eigenvalue weighted by molar-refractivity contribution is -0.137. The van der Waals surface area contributed by atoms with Gasteiger partial charge in [0.2, 0.25) is 0 Å². The second kappa shape index (κ2) is 23.0. The van der Waals surface area contributed by atoms with Crippen LogP contribution >= 0.6 is 0 Å². The van der Waals surface area contributed by atoms with Gasteiger partial charge in [0.05, 0.1) is 6.61 Å². The largest absolute Gasteiger partial charge is 0.463 e. The van der Waals surface area contributed by atoms with Crippen molar-refractivity contribution in [3.05, 3.63) is 24.8 Å². The van der Waals surface area contributed by atoms with Crippen LogP contribution in [0.15, 0.2) is 24.8 Å². The van der Waals surface area contributed by atoms with Gasteiger partial charge in [0.25, 0.3) is 0 Å². The lowest BCUT2D eigenvalue weighted by Crippen LogP contribution is -2.01. The minimum absolute atomic E-state index is 0.304. The van der Waals surface area contributed by atoms with Gasteiger partial charge >= 0.3 is 5.97 Å². The topological polar surface area (TPSA) is 26.3 Å². The molecule has 0 aliphatic rings. The zero-order chi connectivity index (χ0) is 19.8. The molecule has 0 radical (unpaired) electrons. The average Bonchev–Trinajstić information content (AvgIpc) is 2.68. The van der Waals surface area contributed by atoms with E-state index in [9.17, 15) is 4.79 Å². The zero-order valence-corrected chi connectivity index (χ0v) is 18.2. The molecule has 2 heteroatoms. The predicted molar refractivity (Wildman–Crippen MR) is 119 cm³/mol. The van der Waals surface area contributed by atoms with Crippen molar-refractivity contribution in [1.82, 2.24) is 0 Å². The fourth-order valence-electron chi connectivity index (χ4n) is 3.29. The molecule has 0 rings (SSSR count). The normalized spacial score (nSPS) is 11.1. The Hall–Kier alpha value is -1.05. The molecule has 0 aromatic rings. The van der Waals surface area contributed by atoms with Gasteiger partial charge in [0.1, 0.15) is 0 Å². The number of allylic oxidation sites excluding steroid dienone is 2. The van der Waals surface area contributed by atoms with Crippen molar-refractivity contribution in [3.8, 4) is 0 Å². The fraction of sp³-hybridized carbons (Fsp3) is 0.800. The minimum Gasteiger partial charge on any atom is -0.463 e. The second-order valence-electron chi connectivity index (χ2n) is 7.72. The van der Waals surface area contributed by atoms with E-state index >= 15 is 0 Å². The predicted octanol–water partition coefficient (Wildman–Crippen LogP) is 8.31. The minimum atomic E-state index is -0.304. The van der Waals surface area contributed by atoms with Gasteiger partial charge in [-0.2, -0.15) is 0 Å². The highest BCUT2D eigenvalue weighted by Gasteiger charge is 1.96. The number of carbonyl (C=O) groups excluding carboxylic acids is 1. The standard InChI is InChI=1S/C25H46O2/c1-3-5-6-7-8-9-10-11-12-13-14-15-16-17-18-19-20-21-22-23-24-27-25(26)4-2/h4,13-14H,2-3,5-12,15-24H2,1H3/b14-13+. The highest BCUT2D eigenvalue weighted by Crippen LogP contribution is 2.12. The summed E-state index contributed by atoms with van der Waals surface area (Å²) >= 11 is 0. The maximum atomic E-state index is 10.9. The van der Waals surface area contributed by atoms with Crippen LogP contribution < -0.4 is 0 Å². The number of ether oxygens (including phenoxy) is 1. The molecule has 0 heterocycles. The quantitative estimate of drug-likeness (QED) is 0.0868. The maximum Gasteiger partial charge on any atom is 0.330 e. The van der Waals surface area contributed by atoms with Crippen molar-refractivity contribution in [1.29, 1.82) is 0 Å². The molecule has 0 atom stereocenters. The van der Waals surface area contributed by atoms with Crippen molar-refractivity contribution < 1.29 is 9.53 Å². The first-order valence-corrected chi connectivity index (χ1v) is 11.8. The van der Waals surface area contributed by atoms with Crippen molar-refractivity contribution in [3.63, 3.8) is 0 Å². The molecule has 0 aromatic heterocycles. The van der Waals surface area contributed by atoms with Crippen LogP contribution in [0.1, 0.15) is 122 Å². The smallest absolute Gasteiger partial charge is 0.330 e. The summed E-state index contributed by atoms with van der Waals surface area (Å²) in [6.45, 7) is 6.21. The number of carbonyl (C=O) groups is 1. The molecule has 0 bridgehead atoms. The Bertz CT molecular complexity index is 346. The lowest BCUT2D eigenvalue weighted by atomic mass is 10.1. The summed E-state index contributed by atoms with van der Waals surface area (Å²) in [5.74, 6) is -0.304. The van der Waals surface area contributed by atoms with E-state index in [2.05, 4.69) is 25.7 Å². The Balaban J connectivity index is 3.10. The molecule has 158 valence electrons. The van der Waals surface area contributed by atoms with Crippen molar-refractivity contribution in [2.45, 2.75) is 122 Å². The summed E-state index contributed by atoms with van der Waals surface area (Å²) in [5.41, 5.74) is 0. The van der Waals surface area contributed by atoms with E-state index < -0.39 is 0 Å². The van der Waals surface area contributed by atoms with Crippen LogP contribution in [-0.4, -0.2) is 12.6 Å². The third-order valence-corrected chi connectivity index (χ3v) is 5.07. The van der Waals surface area contributed by atoms with Gasteiger partial charge in [-0.1, -0.05) is 109 Å². The van der Waals surface area contributed by atoms with E-state index in [1.54, 1.807) is 0 Å². The Morgan fingerprint density at radius 3 is 1.52 bits per heavy atom. The van der Waals surface area contributed by atoms with Crippen molar-refractivity contribution in [2.24, 2.45) is 0 Å². The van der Waals surface area contributed by atoms with Gasteiger partial charge in [-0.05, 0) is 32.1 Å². The van der Waals surface area contributed by atoms with Crippen molar-refractivity contribution in [2.75, 3.05) is 6.61 Å². The zero-order valence-electron chi connectivity index (χ0n) is 18.2. The van der Waals surface area contributed by atoms with E-state index in [4.69, 9.17) is 4.74 Å². The second-order valence-corrected chi connectivity index (χ2v) is 7.72. The van der Waals surface area contributed by atoms with Gasteiger partial charge in [-0.3, -0.25) is 0 Å². The molecule has 0 unspecified atom stereocenters. The summed E-state index contributed by atoms with van der Waals surface area (Å²) in [4.78, 5) is 10.9. The van der Waals surface area contributed by atoms with E-state index in [1.807, 2.05) is 0 Å². The maximum absolute atomic E-state index is 10.9.